The lowest BCUT2D eigenvalue weighted by Crippen LogP contribution is -2.34. The van der Waals surface area contributed by atoms with E-state index in [1.165, 1.54) is 25.7 Å². The van der Waals surface area contributed by atoms with E-state index in [2.05, 4.69) is 5.32 Å². The van der Waals surface area contributed by atoms with Crippen LogP contribution in [0.1, 0.15) is 42.9 Å². The summed E-state index contributed by atoms with van der Waals surface area (Å²) in [5.41, 5.74) is 7.67. The second-order valence-corrected chi connectivity index (χ2v) is 6.56. The van der Waals surface area contributed by atoms with Gasteiger partial charge in [-0.2, -0.15) is 0 Å². The molecule has 0 spiro atoms. The molecule has 1 unspecified atom stereocenters. The lowest BCUT2D eigenvalue weighted by molar-refractivity contribution is 0.354. The smallest absolute Gasteiger partial charge is 0.128 e. The molecule has 0 radical (unpaired) electrons. The third-order valence-corrected chi connectivity index (χ3v) is 4.82. The van der Waals surface area contributed by atoms with Crippen LogP contribution in [0.4, 0.5) is 4.39 Å². The minimum absolute atomic E-state index is 0.0603. The molecule has 20 heavy (non-hydrogen) atoms. The zero-order valence-electron chi connectivity index (χ0n) is 12.2. The van der Waals surface area contributed by atoms with E-state index in [4.69, 9.17) is 5.73 Å². The molecule has 0 saturated heterocycles. The molecule has 3 N–H and O–H groups in total. The lowest BCUT2D eigenvalue weighted by Gasteiger charge is -2.23. The van der Waals surface area contributed by atoms with Gasteiger partial charge in [-0.05, 0) is 63.0 Å². The van der Waals surface area contributed by atoms with E-state index < -0.39 is 0 Å². The highest BCUT2D eigenvalue weighted by Crippen LogP contribution is 2.49. The van der Waals surface area contributed by atoms with Crippen LogP contribution in [0.2, 0.25) is 0 Å². The third-order valence-electron chi connectivity index (χ3n) is 4.82. The van der Waals surface area contributed by atoms with E-state index >= 15 is 0 Å². The Morgan fingerprint density at radius 2 is 1.90 bits per heavy atom. The molecule has 2 saturated carbocycles. The molecule has 2 aliphatic carbocycles. The van der Waals surface area contributed by atoms with Crippen molar-refractivity contribution >= 4 is 0 Å². The Hall–Kier alpha value is -0.930. The van der Waals surface area contributed by atoms with Crippen LogP contribution in [-0.2, 0) is 0 Å². The highest BCUT2D eigenvalue weighted by Gasteiger charge is 2.41. The van der Waals surface area contributed by atoms with Gasteiger partial charge in [-0.15, -0.1) is 0 Å². The Morgan fingerprint density at radius 3 is 2.45 bits per heavy atom. The molecule has 2 fully saturated rings. The van der Waals surface area contributed by atoms with Crippen molar-refractivity contribution < 1.29 is 4.39 Å². The van der Waals surface area contributed by atoms with Crippen LogP contribution < -0.4 is 11.1 Å². The van der Waals surface area contributed by atoms with E-state index in [0.717, 1.165) is 35.4 Å². The molecule has 3 heteroatoms. The van der Waals surface area contributed by atoms with Gasteiger partial charge in [-0.3, -0.25) is 0 Å². The Morgan fingerprint density at radius 1 is 1.25 bits per heavy atom. The molecule has 2 nitrogen and oxygen atoms in total. The maximum absolute atomic E-state index is 14.0. The minimum atomic E-state index is -0.145. The van der Waals surface area contributed by atoms with Crippen LogP contribution in [0, 0.1) is 30.5 Å². The molecular weight excluding hydrogens is 251 g/mol. The number of halogens is 1. The van der Waals surface area contributed by atoms with Crippen LogP contribution in [0.15, 0.2) is 18.2 Å². The van der Waals surface area contributed by atoms with Gasteiger partial charge in [-0.25, -0.2) is 4.39 Å². The molecule has 1 aromatic carbocycles. The van der Waals surface area contributed by atoms with Gasteiger partial charge in [0.25, 0.3) is 0 Å². The molecule has 0 aromatic heterocycles. The van der Waals surface area contributed by atoms with Crippen molar-refractivity contribution in [1.82, 2.24) is 5.32 Å². The molecule has 0 amide bonds. The highest BCUT2D eigenvalue weighted by molar-refractivity contribution is 5.27. The summed E-state index contributed by atoms with van der Waals surface area (Å²) in [6.45, 7) is 3.43. The molecule has 0 bridgehead atoms. The second kappa shape index (κ2) is 5.82. The predicted molar refractivity (Wildman–Crippen MR) is 79.9 cm³/mol. The zero-order valence-corrected chi connectivity index (χ0v) is 12.2. The number of benzene rings is 1. The lowest BCUT2D eigenvalue weighted by atomic mass is 9.96. The summed E-state index contributed by atoms with van der Waals surface area (Å²) in [4.78, 5) is 0. The average molecular weight is 276 g/mol. The van der Waals surface area contributed by atoms with Gasteiger partial charge in [0.05, 0.1) is 0 Å². The number of rotatable bonds is 7. The minimum Gasteiger partial charge on any atom is -0.329 e. The highest BCUT2D eigenvalue weighted by atomic mass is 19.1. The number of hydrogen-bond acceptors (Lipinski definition) is 2. The Labute approximate surface area is 120 Å². The molecule has 1 atom stereocenters. The predicted octanol–water partition coefficient (Wildman–Crippen LogP) is 3.16. The summed E-state index contributed by atoms with van der Waals surface area (Å²) in [6.07, 6.45) is 5.54. The van der Waals surface area contributed by atoms with Crippen molar-refractivity contribution in [3.63, 3.8) is 0 Å². The molecule has 0 aliphatic heterocycles. The molecular formula is C17H25FN2. The molecule has 2 aliphatic rings. The van der Waals surface area contributed by atoms with Crippen molar-refractivity contribution in [2.75, 3.05) is 13.1 Å². The Bertz CT molecular complexity index is 454. The van der Waals surface area contributed by atoms with Gasteiger partial charge < -0.3 is 11.1 Å². The maximum Gasteiger partial charge on any atom is 0.128 e. The summed E-state index contributed by atoms with van der Waals surface area (Å²) < 4.78 is 14.0. The second-order valence-electron chi connectivity index (χ2n) is 6.56. The fourth-order valence-electron chi connectivity index (χ4n) is 3.30. The Kier molecular flexibility index (Phi) is 4.08. The first-order chi connectivity index (χ1) is 9.69. The van der Waals surface area contributed by atoms with Crippen molar-refractivity contribution in [1.29, 1.82) is 0 Å². The van der Waals surface area contributed by atoms with Crippen LogP contribution in [0.3, 0.4) is 0 Å². The first kappa shape index (κ1) is 14.0. The fraction of sp³-hybridized carbons (Fsp3) is 0.647. The first-order valence-corrected chi connectivity index (χ1v) is 7.88. The number of aryl methyl sites for hydroxylation is 1. The van der Waals surface area contributed by atoms with Crippen molar-refractivity contribution in [2.45, 2.75) is 38.6 Å². The van der Waals surface area contributed by atoms with Gasteiger partial charge in [0, 0.05) is 18.2 Å². The van der Waals surface area contributed by atoms with Crippen LogP contribution in [0.25, 0.3) is 0 Å². The SMILES string of the molecule is Cc1ccc(F)c(C(CN)NCC(C2CC2)C2CC2)c1. The van der Waals surface area contributed by atoms with Crippen molar-refractivity contribution in [3.05, 3.63) is 35.1 Å². The standard InChI is InChI=1S/C17H25FN2/c1-11-2-7-16(18)14(8-11)17(9-19)20-10-15(12-3-4-12)13-5-6-13/h2,7-8,12-13,15,17,20H,3-6,9-10,19H2,1H3. The quantitative estimate of drug-likeness (QED) is 0.803. The summed E-state index contributed by atoms with van der Waals surface area (Å²) in [6, 6.07) is 5.22. The van der Waals surface area contributed by atoms with Gasteiger partial charge in [0.1, 0.15) is 5.82 Å². The average Bonchev–Trinajstić information content (AvgIpc) is 3.30. The van der Waals surface area contributed by atoms with Gasteiger partial charge in [0.2, 0.25) is 0 Å². The Balaban J connectivity index is 1.65. The van der Waals surface area contributed by atoms with Crippen LogP contribution in [0.5, 0.6) is 0 Å². The third kappa shape index (κ3) is 3.21. The van der Waals surface area contributed by atoms with Crippen molar-refractivity contribution in [2.24, 2.45) is 23.5 Å². The van der Waals surface area contributed by atoms with E-state index in [9.17, 15) is 4.39 Å². The zero-order chi connectivity index (χ0) is 14.1. The van der Waals surface area contributed by atoms with E-state index in [-0.39, 0.29) is 11.9 Å². The number of hydrogen-bond donors (Lipinski definition) is 2. The van der Waals surface area contributed by atoms with Gasteiger partial charge in [-0.1, -0.05) is 17.7 Å². The molecule has 3 rings (SSSR count). The maximum atomic E-state index is 14.0. The van der Waals surface area contributed by atoms with Crippen molar-refractivity contribution in [3.8, 4) is 0 Å². The normalized spacial score (nSPS) is 20.4. The number of nitrogens with one attached hydrogen (secondary N) is 1. The summed E-state index contributed by atoms with van der Waals surface area (Å²) in [7, 11) is 0. The van der Waals surface area contributed by atoms with Crippen LogP contribution in [-0.4, -0.2) is 13.1 Å². The van der Waals surface area contributed by atoms with Gasteiger partial charge >= 0.3 is 0 Å². The fourth-order valence-corrected chi connectivity index (χ4v) is 3.30. The van der Waals surface area contributed by atoms with E-state index in [1.54, 1.807) is 6.07 Å². The van der Waals surface area contributed by atoms with Gasteiger partial charge in [0.15, 0.2) is 0 Å². The van der Waals surface area contributed by atoms with E-state index in [0.29, 0.717) is 6.54 Å². The summed E-state index contributed by atoms with van der Waals surface area (Å²) >= 11 is 0. The monoisotopic (exact) mass is 276 g/mol. The largest absolute Gasteiger partial charge is 0.329 e. The topological polar surface area (TPSA) is 38.0 Å². The summed E-state index contributed by atoms with van der Waals surface area (Å²) in [5.74, 6) is 2.47. The molecule has 1 aromatic rings. The number of nitrogens with two attached hydrogens (primary N) is 1. The van der Waals surface area contributed by atoms with E-state index in [1.807, 2.05) is 19.1 Å². The molecule has 110 valence electrons. The molecule has 0 heterocycles. The summed E-state index contributed by atoms with van der Waals surface area (Å²) in [5, 5.41) is 3.53. The first-order valence-electron chi connectivity index (χ1n) is 7.88. The van der Waals surface area contributed by atoms with Crippen LogP contribution >= 0.6 is 0 Å².